The van der Waals surface area contributed by atoms with Crippen molar-refractivity contribution in [3.63, 3.8) is 0 Å². The molecule has 0 aromatic carbocycles. The van der Waals surface area contributed by atoms with Crippen molar-refractivity contribution < 1.29 is 24.2 Å². The minimum absolute atomic E-state index is 0.332. The Kier molecular flexibility index (Phi) is 1.97. The van der Waals surface area contributed by atoms with Gasteiger partial charge < -0.3 is 19.9 Å². The molecule has 2 N–H and O–H groups in total. The van der Waals surface area contributed by atoms with E-state index in [1.165, 1.54) is 0 Å². The summed E-state index contributed by atoms with van der Waals surface area (Å²) >= 11 is 0. The van der Waals surface area contributed by atoms with Crippen LogP contribution >= 0.6 is 0 Å². The molecule has 14 heavy (non-hydrogen) atoms. The zero-order valence-electron chi connectivity index (χ0n) is 7.65. The molecule has 0 spiro atoms. The Balaban J connectivity index is 2.15. The van der Waals surface area contributed by atoms with E-state index in [-0.39, 0.29) is 5.91 Å². The Bertz CT molecular complexity index is 283. The summed E-state index contributed by atoms with van der Waals surface area (Å²) in [6, 6.07) is -0.898. The first kappa shape index (κ1) is 9.42. The lowest BCUT2D eigenvalue weighted by Gasteiger charge is -2.41. The van der Waals surface area contributed by atoms with Crippen LogP contribution < -0.4 is 5.32 Å². The largest absolute Gasteiger partial charge is 0.480 e. The number of carboxylic acids is 1. The minimum atomic E-state index is -1.08. The lowest BCUT2D eigenvalue weighted by molar-refractivity contribution is -0.210. The molecule has 0 bridgehead atoms. The average Bonchev–Trinajstić information content (AvgIpc) is 2.47. The van der Waals surface area contributed by atoms with Gasteiger partial charge >= 0.3 is 5.97 Å². The molecule has 1 amide bonds. The number of nitrogens with one attached hydrogen (secondary N) is 1. The van der Waals surface area contributed by atoms with E-state index in [2.05, 4.69) is 5.32 Å². The highest BCUT2D eigenvalue weighted by Crippen LogP contribution is 2.34. The van der Waals surface area contributed by atoms with Gasteiger partial charge in [0, 0.05) is 0 Å². The lowest BCUT2D eigenvalue weighted by atomic mass is 9.83. The predicted molar refractivity (Wildman–Crippen MR) is 43.4 cm³/mol. The highest BCUT2D eigenvalue weighted by molar-refractivity contribution is 5.97. The van der Waals surface area contributed by atoms with Gasteiger partial charge in [-0.05, 0) is 6.92 Å². The number of carbonyl (C=O) groups is 2. The number of ether oxygens (including phenoxy) is 2. The molecular weight excluding hydrogens is 190 g/mol. The van der Waals surface area contributed by atoms with Crippen molar-refractivity contribution in [1.29, 1.82) is 0 Å². The maximum absolute atomic E-state index is 11.2. The summed E-state index contributed by atoms with van der Waals surface area (Å²) in [5.41, 5.74) is 0. The van der Waals surface area contributed by atoms with Crippen LogP contribution in [0.25, 0.3) is 0 Å². The Hall–Kier alpha value is -1.14. The highest BCUT2D eigenvalue weighted by atomic mass is 16.7. The van der Waals surface area contributed by atoms with Gasteiger partial charge in [-0.15, -0.1) is 0 Å². The molecule has 2 saturated heterocycles. The maximum atomic E-state index is 11.2. The zero-order chi connectivity index (χ0) is 10.3. The fraction of sp³-hybridized carbons (Fsp3) is 0.750. The number of β-lactam (4-membered cyclic amide) rings is 1. The van der Waals surface area contributed by atoms with E-state index < -0.39 is 23.7 Å². The summed E-state index contributed by atoms with van der Waals surface area (Å²) < 4.78 is 10.5. The van der Waals surface area contributed by atoms with Gasteiger partial charge in [0.25, 0.3) is 0 Å². The molecular formula is C8H11NO5. The Morgan fingerprint density at radius 2 is 2.14 bits per heavy atom. The quantitative estimate of drug-likeness (QED) is 0.557. The smallest absolute Gasteiger partial charge is 0.327 e. The third-order valence-corrected chi connectivity index (χ3v) is 2.61. The fourth-order valence-corrected chi connectivity index (χ4v) is 1.84. The van der Waals surface area contributed by atoms with E-state index in [0.717, 1.165) is 0 Å². The van der Waals surface area contributed by atoms with Crippen LogP contribution in [0.2, 0.25) is 0 Å². The van der Waals surface area contributed by atoms with Crippen molar-refractivity contribution in [2.45, 2.75) is 18.8 Å². The number of aliphatic carboxylic acids is 1. The van der Waals surface area contributed by atoms with Crippen molar-refractivity contribution in [2.24, 2.45) is 5.92 Å². The van der Waals surface area contributed by atoms with Gasteiger partial charge in [-0.1, -0.05) is 0 Å². The monoisotopic (exact) mass is 201 g/mol. The van der Waals surface area contributed by atoms with Crippen molar-refractivity contribution in [3.05, 3.63) is 0 Å². The van der Waals surface area contributed by atoms with Crippen molar-refractivity contribution >= 4 is 11.9 Å². The topological polar surface area (TPSA) is 84.9 Å². The molecule has 2 rings (SSSR count). The van der Waals surface area contributed by atoms with Crippen molar-refractivity contribution in [1.82, 2.24) is 5.32 Å². The van der Waals surface area contributed by atoms with Crippen LogP contribution in [-0.4, -0.2) is 42.0 Å². The molecule has 0 aromatic heterocycles. The van der Waals surface area contributed by atoms with Crippen molar-refractivity contribution in [2.75, 3.05) is 13.2 Å². The van der Waals surface area contributed by atoms with Gasteiger partial charge in [0.15, 0.2) is 5.79 Å². The first-order valence-electron chi connectivity index (χ1n) is 4.36. The van der Waals surface area contributed by atoms with E-state index in [0.29, 0.717) is 13.2 Å². The first-order chi connectivity index (χ1) is 6.54. The molecule has 0 saturated carbocycles. The molecule has 2 unspecified atom stereocenters. The van der Waals surface area contributed by atoms with Gasteiger partial charge in [0.2, 0.25) is 5.91 Å². The van der Waals surface area contributed by atoms with E-state index in [1.54, 1.807) is 6.92 Å². The predicted octanol–water partition coefficient (Wildman–Crippen LogP) is -1.05. The lowest BCUT2D eigenvalue weighted by Crippen LogP contribution is -2.69. The summed E-state index contributed by atoms with van der Waals surface area (Å²) in [6.07, 6.45) is 0. The second-order valence-electron chi connectivity index (χ2n) is 3.52. The van der Waals surface area contributed by atoms with E-state index in [9.17, 15) is 9.59 Å². The number of hydrogen-bond acceptors (Lipinski definition) is 4. The Morgan fingerprint density at radius 1 is 1.57 bits per heavy atom. The van der Waals surface area contributed by atoms with Gasteiger partial charge in [0.1, 0.15) is 12.0 Å². The summed E-state index contributed by atoms with van der Waals surface area (Å²) in [4.78, 5) is 21.9. The molecule has 2 aliphatic heterocycles. The summed E-state index contributed by atoms with van der Waals surface area (Å²) in [7, 11) is 0. The molecule has 6 heteroatoms. The summed E-state index contributed by atoms with van der Waals surface area (Å²) in [6.45, 7) is 2.39. The zero-order valence-corrected chi connectivity index (χ0v) is 7.65. The summed E-state index contributed by atoms with van der Waals surface area (Å²) in [5.74, 6) is -3.22. The van der Waals surface area contributed by atoms with E-state index >= 15 is 0 Å². The molecule has 0 aromatic rings. The fourth-order valence-electron chi connectivity index (χ4n) is 1.84. The van der Waals surface area contributed by atoms with Gasteiger partial charge in [-0.25, -0.2) is 4.79 Å². The second kappa shape index (κ2) is 2.93. The molecule has 2 heterocycles. The van der Waals surface area contributed by atoms with Gasteiger partial charge in [0.05, 0.1) is 13.2 Å². The third-order valence-electron chi connectivity index (χ3n) is 2.61. The normalized spacial score (nSPS) is 34.8. The average molecular weight is 201 g/mol. The minimum Gasteiger partial charge on any atom is -0.480 e. The van der Waals surface area contributed by atoms with Gasteiger partial charge in [-0.2, -0.15) is 0 Å². The van der Waals surface area contributed by atoms with Crippen LogP contribution in [0.3, 0.4) is 0 Å². The Labute approximate surface area is 80.2 Å². The standard InChI is InChI=1S/C8H11NO5/c1-8(13-2-3-14-8)4-5(7(11)12)9-6(4)10/h4-5H,2-3H2,1H3,(H,9,10)(H,11,12). The third kappa shape index (κ3) is 1.18. The molecule has 6 nitrogen and oxygen atoms in total. The van der Waals surface area contributed by atoms with Crippen LogP contribution in [0.15, 0.2) is 0 Å². The molecule has 0 aliphatic carbocycles. The number of rotatable bonds is 2. The van der Waals surface area contributed by atoms with Gasteiger partial charge in [-0.3, -0.25) is 4.79 Å². The van der Waals surface area contributed by atoms with Crippen molar-refractivity contribution in [3.8, 4) is 0 Å². The van der Waals surface area contributed by atoms with Crippen LogP contribution in [0, 0.1) is 5.92 Å². The second-order valence-corrected chi connectivity index (χ2v) is 3.52. The number of hydrogen-bond donors (Lipinski definition) is 2. The molecule has 2 atom stereocenters. The number of amides is 1. The van der Waals surface area contributed by atoms with Crippen LogP contribution in [0.5, 0.6) is 0 Å². The van der Waals surface area contributed by atoms with Crippen LogP contribution in [0.4, 0.5) is 0 Å². The molecule has 2 fully saturated rings. The van der Waals surface area contributed by atoms with E-state index in [4.69, 9.17) is 14.6 Å². The maximum Gasteiger partial charge on any atom is 0.327 e. The molecule has 0 radical (unpaired) electrons. The highest BCUT2D eigenvalue weighted by Gasteiger charge is 2.57. The molecule has 2 aliphatic rings. The summed E-state index contributed by atoms with van der Waals surface area (Å²) in [5, 5.41) is 11.1. The van der Waals surface area contributed by atoms with E-state index in [1.807, 2.05) is 0 Å². The number of carboxylic acid groups (broad SMARTS) is 1. The Morgan fingerprint density at radius 3 is 2.57 bits per heavy atom. The van der Waals surface area contributed by atoms with Crippen LogP contribution in [0.1, 0.15) is 6.92 Å². The first-order valence-corrected chi connectivity index (χ1v) is 4.36. The number of carbonyl (C=O) groups excluding carboxylic acids is 1. The SMILES string of the molecule is CC1(C2C(=O)NC2C(=O)O)OCCO1. The van der Waals surface area contributed by atoms with Crippen LogP contribution in [-0.2, 0) is 19.1 Å². The molecule has 78 valence electrons.